The molecule has 0 radical (unpaired) electrons. The summed E-state index contributed by atoms with van der Waals surface area (Å²) in [7, 11) is 0. The van der Waals surface area contributed by atoms with Gasteiger partial charge >= 0.3 is 5.97 Å². The summed E-state index contributed by atoms with van der Waals surface area (Å²) in [5, 5.41) is 8.77. The van der Waals surface area contributed by atoms with Crippen LogP contribution in [0.3, 0.4) is 0 Å². The molecule has 0 saturated carbocycles. The minimum Gasteiger partial charge on any atom is -0.477 e. The molecule has 70 valence electrons. The van der Waals surface area contributed by atoms with Crippen molar-refractivity contribution in [1.82, 2.24) is 4.98 Å². The van der Waals surface area contributed by atoms with E-state index < -0.39 is 5.97 Å². The maximum atomic E-state index is 10.7. The summed E-state index contributed by atoms with van der Waals surface area (Å²) >= 11 is 1.92. The number of hydrogen-bond acceptors (Lipinski definition) is 2. The van der Waals surface area contributed by atoms with E-state index in [0.29, 0.717) is 5.69 Å². The second-order valence-corrected chi connectivity index (χ2v) is 4.33. The first-order chi connectivity index (χ1) is 6.27. The first kappa shape index (κ1) is 8.69. The zero-order valence-corrected chi connectivity index (χ0v) is 7.99. The molecule has 2 heterocycles. The van der Waals surface area contributed by atoms with Gasteiger partial charge in [-0.25, -0.2) is 4.79 Å². The van der Waals surface area contributed by atoms with E-state index in [0.717, 1.165) is 30.0 Å². The number of H-pyrrole nitrogens is 1. The number of rotatable bonds is 1. The monoisotopic (exact) mass is 197 g/mol. The van der Waals surface area contributed by atoms with Crippen molar-refractivity contribution in [3.05, 3.63) is 23.0 Å². The molecular weight excluding hydrogens is 186 g/mol. The Morgan fingerprint density at radius 2 is 2.23 bits per heavy atom. The fourth-order valence-electron chi connectivity index (χ4n) is 1.56. The van der Waals surface area contributed by atoms with Crippen LogP contribution >= 0.6 is 11.8 Å². The van der Waals surface area contributed by atoms with Crippen LogP contribution in [0.1, 0.15) is 21.7 Å². The van der Waals surface area contributed by atoms with E-state index in [4.69, 9.17) is 5.11 Å². The Morgan fingerprint density at radius 1 is 1.46 bits per heavy atom. The largest absolute Gasteiger partial charge is 0.477 e. The van der Waals surface area contributed by atoms with Crippen molar-refractivity contribution in [2.45, 2.75) is 12.8 Å². The predicted octanol–water partition coefficient (Wildman–Crippen LogP) is 1.54. The van der Waals surface area contributed by atoms with Crippen molar-refractivity contribution in [3.8, 4) is 0 Å². The highest BCUT2D eigenvalue weighted by atomic mass is 32.2. The lowest BCUT2D eigenvalue weighted by atomic mass is 10.1. The standard InChI is InChI=1S/C9H11NO2S/c11-9(12)8-5-6-1-3-13-4-2-7(6)10-8/h5,10H,1-4H2,(H,11,12). The molecular formula is C9H11NO2S. The van der Waals surface area contributed by atoms with Crippen LogP contribution in [0.4, 0.5) is 0 Å². The maximum absolute atomic E-state index is 10.7. The minimum absolute atomic E-state index is 0.330. The van der Waals surface area contributed by atoms with Crippen LogP contribution in [0.5, 0.6) is 0 Å². The first-order valence-corrected chi connectivity index (χ1v) is 5.44. The molecule has 0 aliphatic carbocycles. The van der Waals surface area contributed by atoms with E-state index in [1.54, 1.807) is 6.07 Å². The van der Waals surface area contributed by atoms with Crippen LogP contribution in [0.25, 0.3) is 0 Å². The number of fused-ring (bicyclic) bond motifs is 1. The van der Waals surface area contributed by atoms with E-state index in [2.05, 4.69) is 4.98 Å². The number of aryl methyl sites for hydroxylation is 2. The highest BCUT2D eigenvalue weighted by Crippen LogP contribution is 2.20. The summed E-state index contributed by atoms with van der Waals surface area (Å²) in [5.74, 6) is 1.33. The second-order valence-electron chi connectivity index (χ2n) is 3.10. The summed E-state index contributed by atoms with van der Waals surface area (Å²) < 4.78 is 0. The number of carboxylic acid groups (broad SMARTS) is 1. The molecule has 1 aliphatic heterocycles. The Hall–Kier alpha value is -0.900. The zero-order valence-electron chi connectivity index (χ0n) is 7.17. The first-order valence-electron chi connectivity index (χ1n) is 4.29. The number of nitrogens with one attached hydrogen (secondary N) is 1. The normalized spacial score (nSPS) is 16.3. The van der Waals surface area contributed by atoms with Gasteiger partial charge in [0.15, 0.2) is 0 Å². The average molecular weight is 197 g/mol. The maximum Gasteiger partial charge on any atom is 0.352 e. The molecule has 0 aromatic carbocycles. The van der Waals surface area contributed by atoms with Crippen molar-refractivity contribution < 1.29 is 9.90 Å². The van der Waals surface area contributed by atoms with E-state index in [1.807, 2.05) is 11.8 Å². The average Bonchev–Trinajstić information content (AvgIpc) is 2.38. The van der Waals surface area contributed by atoms with Crippen LogP contribution in [0.2, 0.25) is 0 Å². The molecule has 2 rings (SSSR count). The quantitative estimate of drug-likeness (QED) is 0.718. The van der Waals surface area contributed by atoms with E-state index in [-0.39, 0.29) is 0 Å². The van der Waals surface area contributed by atoms with Crippen molar-refractivity contribution in [3.63, 3.8) is 0 Å². The number of hydrogen-bond donors (Lipinski definition) is 2. The van der Waals surface area contributed by atoms with Gasteiger partial charge in [-0.05, 0) is 36.0 Å². The lowest BCUT2D eigenvalue weighted by Crippen LogP contribution is -1.97. The fourth-order valence-corrected chi connectivity index (χ4v) is 2.48. The molecule has 0 atom stereocenters. The minimum atomic E-state index is -0.860. The lowest BCUT2D eigenvalue weighted by Gasteiger charge is -1.93. The Morgan fingerprint density at radius 3 is 3.00 bits per heavy atom. The molecule has 0 spiro atoms. The number of thioether (sulfide) groups is 1. The predicted molar refractivity (Wildman–Crippen MR) is 52.5 cm³/mol. The molecule has 13 heavy (non-hydrogen) atoms. The van der Waals surface area contributed by atoms with Crippen molar-refractivity contribution in [2.24, 2.45) is 0 Å². The molecule has 1 aromatic heterocycles. The number of carboxylic acids is 1. The molecule has 0 bridgehead atoms. The number of aromatic carboxylic acids is 1. The molecule has 0 amide bonds. The van der Waals surface area contributed by atoms with Crippen molar-refractivity contribution in [1.29, 1.82) is 0 Å². The molecule has 0 unspecified atom stereocenters. The van der Waals surface area contributed by atoms with E-state index in [1.165, 1.54) is 5.56 Å². The van der Waals surface area contributed by atoms with Gasteiger partial charge in [-0.1, -0.05) is 0 Å². The highest BCUT2D eigenvalue weighted by molar-refractivity contribution is 7.99. The van der Waals surface area contributed by atoms with Gasteiger partial charge in [0, 0.05) is 5.69 Å². The van der Waals surface area contributed by atoms with E-state index >= 15 is 0 Å². The molecule has 4 heteroatoms. The Kier molecular flexibility index (Phi) is 2.31. The van der Waals surface area contributed by atoms with Gasteiger partial charge in [0.1, 0.15) is 5.69 Å². The van der Waals surface area contributed by atoms with Crippen LogP contribution in [0.15, 0.2) is 6.07 Å². The molecule has 0 fully saturated rings. The lowest BCUT2D eigenvalue weighted by molar-refractivity contribution is 0.0691. The zero-order chi connectivity index (χ0) is 9.26. The third-order valence-electron chi connectivity index (χ3n) is 2.23. The van der Waals surface area contributed by atoms with Gasteiger partial charge in [-0.3, -0.25) is 0 Å². The van der Waals surface area contributed by atoms with Gasteiger partial charge in [0.2, 0.25) is 0 Å². The SMILES string of the molecule is O=C(O)c1cc2c([nH]1)CCSCC2. The number of carbonyl (C=O) groups is 1. The van der Waals surface area contributed by atoms with Crippen LogP contribution in [-0.4, -0.2) is 27.6 Å². The Bertz CT molecular complexity index is 309. The third-order valence-corrected chi connectivity index (χ3v) is 3.22. The van der Waals surface area contributed by atoms with Crippen LogP contribution in [-0.2, 0) is 12.8 Å². The van der Waals surface area contributed by atoms with Gasteiger partial charge < -0.3 is 10.1 Å². The topological polar surface area (TPSA) is 53.1 Å². The molecule has 0 saturated heterocycles. The van der Waals surface area contributed by atoms with Gasteiger partial charge in [0.25, 0.3) is 0 Å². The third kappa shape index (κ3) is 1.72. The molecule has 1 aliphatic rings. The summed E-state index contributed by atoms with van der Waals surface area (Å²) in [6, 6.07) is 1.77. The number of aromatic nitrogens is 1. The van der Waals surface area contributed by atoms with Crippen molar-refractivity contribution in [2.75, 3.05) is 11.5 Å². The van der Waals surface area contributed by atoms with Gasteiger partial charge in [0.05, 0.1) is 0 Å². The molecule has 2 N–H and O–H groups in total. The summed E-state index contributed by atoms with van der Waals surface area (Å²) in [4.78, 5) is 13.6. The van der Waals surface area contributed by atoms with Gasteiger partial charge in [-0.2, -0.15) is 11.8 Å². The molecule has 3 nitrogen and oxygen atoms in total. The Labute approximate surface area is 80.5 Å². The van der Waals surface area contributed by atoms with Crippen LogP contribution in [0, 0.1) is 0 Å². The van der Waals surface area contributed by atoms with E-state index in [9.17, 15) is 4.79 Å². The number of aromatic amines is 1. The smallest absolute Gasteiger partial charge is 0.352 e. The van der Waals surface area contributed by atoms with Crippen LogP contribution < -0.4 is 0 Å². The Balaban J connectivity index is 2.32. The van der Waals surface area contributed by atoms with Crippen molar-refractivity contribution >= 4 is 17.7 Å². The fraction of sp³-hybridized carbons (Fsp3) is 0.444. The van der Waals surface area contributed by atoms with Gasteiger partial charge in [-0.15, -0.1) is 0 Å². The second kappa shape index (κ2) is 3.46. The summed E-state index contributed by atoms with van der Waals surface area (Å²) in [6.07, 6.45) is 1.96. The summed E-state index contributed by atoms with van der Waals surface area (Å²) in [6.45, 7) is 0. The molecule has 1 aromatic rings. The highest BCUT2D eigenvalue weighted by Gasteiger charge is 2.14. The summed E-state index contributed by atoms with van der Waals surface area (Å²) in [5.41, 5.74) is 2.63.